The molecule has 1 rings (SSSR count). The Morgan fingerprint density at radius 3 is 2.75 bits per heavy atom. The molecule has 0 bridgehead atoms. The lowest BCUT2D eigenvalue weighted by molar-refractivity contribution is 0.152. The molecule has 0 spiro atoms. The molecule has 0 aliphatic carbocycles. The number of nitrogens with one attached hydrogen (secondary N) is 2. The molecule has 0 amide bonds. The molecular weight excluding hydrogens is 254 g/mol. The second-order valence-electron chi connectivity index (χ2n) is 4.36. The average molecular weight is 279 g/mol. The highest BCUT2D eigenvalue weighted by molar-refractivity contribution is 5.79. The standard InChI is InChI=1S/C15H25N3O2/c1-5-20-9-8-17-15(16-3)18-11-13-7-6-12(2)10-14(13)19-4/h6-7,10H,5,8-9,11H2,1-4H3,(H2,16,17,18). The maximum atomic E-state index is 5.38. The Bertz CT molecular complexity index is 433. The summed E-state index contributed by atoms with van der Waals surface area (Å²) in [4.78, 5) is 4.17. The van der Waals surface area contributed by atoms with E-state index in [0.717, 1.165) is 30.4 Å². The van der Waals surface area contributed by atoms with E-state index in [1.165, 1.54) is 5.56 Å². The molecule has 5 heteroatoms. The van der Waals surface area contributed by atoms with Crippen LogP contribution in [0.4, 0.5) is 0 Å². The van der Waals surface area contributed by atoms with Crippen molar-refractivity contribution in [3.05, 3.63) is 29.3 Å². The zero-order valence-corrected chi connectivity index (χ0v) is 12.8. The minimum atomic E-state index is 0.664. The summed E-state index contributed by atoms with van der Waals surface area (Å²) in [6.07, 6.45) is 0. The van der Waals surface area contributed by atoms with Gasteiger partial charge in [-0.3, -0.25) is 4.99 Å². The summed E-state index contributed by atoms with van der Waals surface area (Å²) >= 11 is 0. The van der Waals surface area contributed by atoms with E-state index in [1.807, 2.05) is 19.9 Å². The van der Waals surface area contributed by atoms with Gasteiger partial charge < -0.3 is 20.1 Å². The second kappa shape index (κ2) is 9.20. The molecule has 0 atom stereocenters. The van der Waals surface area contributed by atoms with Crippen LogP contribution in [0.25, 0.3) is 0 Å². The van der Waals surface area contributed by atoms with Gasteiger partial charge >= 0.3 is 0 Å². The van der Waals surface area contributed by atoms with Crippen LogP contribution in [-0.2, 0) is 11.3 Å². The van der Waals surface area contributed by atoms with Gasteiger partial charge in [-0.2, -0.15) is 0 Å². The predicted octanol–water partition coefficient (Wildman–Crippen LogP) is 1.71. The van der Waals surface area contributed by atoms with E-state index in [4.69, 9.17) is 9.47 Å². The largest absolute Gasteiger partial charge is 0.496 e. The molecule has 0 unspecified atom stereocenters. The highest BCUT2D eigenvalue weighted by Gasteiger charge is 2.04. The Morgan fingerprint density at radius 2 is 2.10 bits per heavy atom. The molecule has 0 heterocycles. The highest BCUT2D eigenvalue weighted by Crippen LogP contribution is 2.19. The topological polar surface area (TPSA) is 54.9 Å². The molecule has 0 aromatic heterocycles. The van der Waals surface area contributed by atoms with Crippen molar-refractivity contribution in [2.45, 2.75) is 20.4 Å². The number of aliphatic imine (C=N–C) groups is 1. The van der Waals surface area contributed by atoms with Crippen LogP contribution in [0.5, 0.6) is 5.75 Å². The number of guanidine groups is 1. The SMILES string of the molecule is CCOCCNC(=NC)NCc1ccc(C)cc1OC. The van der Waals surface area contributed by atoms with E-state index in [9.17, 15) is 0 Å². The van der Waals surface area contributed by atoms with Gasteiger partial charge in [0.05, 0.1) is 13.7 Å². The Morgan fingerprint density at radius 1 is 1.30 bits per heavy atom. The lowest BCUT2D eigenvalue weighted by atomic mass is 10.1. The van der Waals surface area contributed by atoms with Gasteiger partial charge in [0.15, 0.2) is 5.96 Å². The number of benzene rings is 1. The molecule has 0 aliphatic rings. The summed E-state index contributed by atoms with van der Waals surface area (Å²) < 4.78 is 10.7. The van der Waals surface area contributed by atoms with Crippen LogP contribution >= 0.6 is 0 Å². The van der Waals surface area contributed by atoms with Crippen LogP contribution in [0.2, 0.25) is 0 Å². The van der Waals surface area contributed by atoms with Crippen LogP contribution in [0, 0.1) is 6.92 Å². The first-order chi connectivity index (χ1) is 9.71. The molecule has 5 nitrogen and oxygen atoms in total. The lowest BCUT2D eigenvalue weighted by Gasteiger charge is -2.14. The number of ether oxygens (including phenoxy) is 2. The minimum absolute atomic E-state index is 0.664. The number of rotatable bonds is 7. The summed E-state index contributed by atoms with van der Waals surface area (Å²) in [5, 5.41) is 6.46. The maximum Gasteiger partial charge on any atom is 0.191 e. The molecule has 1 aromatic carbocycles. The molecule has 112 valence electrons. The number of hydrogen-bond acceptors (Lipinski definition) is 3. The van der Waals surface area contributed by atoms with E-state index in [2.05, 4.69) is 27.8 Å². The van der Waals surface area contributed by atoms with Gasteiger partial charge in [-0.1, -0.05) is 12.1 Å². The van der Waals surface area contributed by atoms with Crippen molar-refractivity contribution in [2.24, 2.45) is 4.99 Å². The molecule has 0 aliphatic heterocycles. The van der Waals surface area contributed by atoms with Gasteiger partial charge in [0, 0.05) is 32.3 Å². The molecule has 0 saturated carbocycles. The van der Waals surface area contributed by atoms with E-state index >= 15 is 0 Å². The van der Waals surface area contributed by atoms with E-state index in [0.29, 0.717) is 13.2 Å². The van der Waals surface area contributed by atoms with E-state index < -0.39 is 0 Å². The second-order valence-corrected chi connectivity index (χ2v) is 4.36. The summed E-state index contributed by atoms with van der Waals surface area (Å²) in [6.45, 7) is 6.83. The number of methoxy groups -OCH3 is 1. The monoisotopic (exact) mass is 279 g/mol. The van der Waals surface area contributed by atoms with E-state index in [1.54, 1.807) is 14.2 Å². The van der Waals surface area contributed by atoms with Gasteiger partial charge in [0.25, 0.3) is 0 Å². The normalized spacial score (nSPS) is 11.3. The molecule has 20 heavy (non-hydrogen) atoms. The smallest absolute Gasteiger partial charge is 0.191 e. The van der Waals surface area contributed by atoms with Crippen molar-refractivity contribution >= 4 is 5.96 Å². The summed E-state index contributed by atoms with van der Waals surface area (Å²) in [5.41, 5.74) is 2.29. The number of nitrogens with zero attached hydrogens (tertiary/aromatic N) is 1. The van der Waals surface area contributed by atoms with Crippen LogP contribution < -0.4 is 15.4 Å². The van der Waals surface area contributed by atoms with Crippen molar-refractivity contribution in [2.75, 3.05) is 33.9 Å². The zero-order valence-electron chi connectivity index (χ0n) is 12.8. The summed E-state index contributed by atoms with van der Waals surface area (Å²) in [6, 6.07) is 6.17. The van der Waals surface area contributed by atoms with Crippen molar-refractivity contribution in [3.63, 3.8) is 0 Å². The van der Waals surface area contributed by atoms with Crippen LogP contribution in [-0.4, -0.2) is 39.9 Å². The number of hydrogen-bond donors (Lipinski definition) is 2. The Kier molecular flexibility index (Phi) is 7.50. The van der Waals surface area contributed by atoms with Crippen molar-refractivity contribution in [1.82, 2.24) is 10.6 Å². The van der Waals surface area contributed by atoms with E-state index in [-0.39, 0.29) is 0 Å². The molecule has 0 radical (unpaired) electrons. The molecule has 2 N–H and O–H groups in total. The third-order valence-corrected chi connectivity index (χ3v) is 2.86. The molecule has 0 saturated heterocycles. The Labute approximate surface area is 121 Å². The van der Waals surface area contributed by atoms with Gasteiger partial charge in [-0.25, -0.2) is 0 Å². The average Bonchev–Trinajstić information content (AvgIpc) is 2.47. The van der Waals surface area contributed by atoms with Gasteiger partial charge in [-0.15, -0.1) is 0 Å². The first kappa shape index (κ1) is 16.3. The van der Waals surface area contributed by atoms with Gasteiger partial charge in [0.2, 0.25) is 0 Å². The maximum absolute atomic E-state index is 5.38. The fourth-order valence-corrected chi connectivity index (χ4v) is 1.78. The molecule has 1 aromatic rings. The van der Waals surface area contributed by atoms with Gasteiger partial charge in [-0.05, 0) is 25.5 Å². The summed E-state index contributed by atoms with van der Waals surface area (Å²) in [7, 11) is 3.44. The van der Waals surface area contributed by atoms with Crippen molar-refractivity contribution in [1.29, 1.82) is 0 Å². The summed E-state index contributed by atoms with van der Waals surface area (Å²) in [5.74, 6) is 1.65. The fraction of sp³-hybridized carbons (Fsp3) is 0.533. The van der Waals surface area contributed by atoms with Crippen molar-refractivity contribution < 1.29 is 9.47 Å². The first-order valence-corrected chi connectivity index (χ1v) is 6.87. The lowest BCUT2D eigenvalue weighted by Crippen LogP contribution is -2.38. The Hall–Kier alpha value is -1.75. The highest BCUT2D eigenvalue weighted by atomic mass is 16.5. The third-order valence-electron chi connectivity index (χ3n) is 2.86. The zero-order chi connectivity index (χ0) is 14.8. The van der Waals surface area contributed by atoms with Crippen LogP contribution in [0.3, 0.4) is 0 Å². The Balaban J connectivity index is 2.48. The molecule has 0 fully saturated rings. The third kappa shape index (κ3) is 5.48. The predicted molar refractivity (Wildman–Crippen MR) is 82.4 cm³/mol. The quantitative estimate of drug-likeness (QED) is 0.453. The molecular formula is C15H25N3O2. The van der Waals surface area contributed by atoms with Gasteiger partial charge in [0.1, 0.15) is 5.75 Å². The van der Waals surface area contributed by atoms with Crippen LogP contribution in [0.1, 0.15) is 18.1 Å². The fourth-order valence-electron chi connectivity index (χ4n) is 1.78. The van der Waals surface area contributed by atoms with Crippen molar-refractivity contribution in [3.8, 4) is 5.75 Å². The minimum Gasteiger partial charge on any atom is -0.496 e. The van der Waals surface area contributed by atoms with Crippen LogP contribution in [0.15, 0.2) is 23.2 Å². The number of aryl methyl sites for hydroxylation is 1. The first-order valence-electron chi connectivity index (χ1n) is 6.87.